The lowest BCUT2D eigenvalue weighted by Gasteiger charge is -2.05. The molecule has 0 saturated heterocycles. The fourth-order valence-corrected chi connectivity index (χ4v) is 4.66. The van der Waals surface area contributed by atoms with Gasteiger partial charge in [-0.15, -0.1) is 11.8 Å². The van der Waals surface area contributed by atoms with Gasteiger partial charge in [-0.2, -0.15) is 4.99 Å². The first-order valence-electron chi connectivity index (χ1n) is 8.55. The second kappa shape index (κ2) is 8.56. The molecule has 0 fully saturated rings. The van der Waals surface area contributed by atoms with Crippen LogP contribution in [0.25, 0.3) is 10.2 Å². The summed E-state index contributed by atoms with van der Waals surface area (Å²) in [7, 11) is 1.66. The average Bonchev–Trinajstić information content (AvgIpc) is 3.00. The Morgan fingerprint density at radius 3 is 2.69 bits per heavy atom. The van der Waals surface area contributed by atoms with E-state index < -0.39 is 0 Å². The molecule has 136 valence electrons. The largest absolute Gasteiger partial charge is 0.495 e. The van der Waals surface area contributed by atoms with Crippen molar-refractivity contribution in [1.29, 1.82) is 0 Å². The molecular formula is C20H22N2O2S2. The molecular weight excluding hydrogens is 364 g/mol. The number of hydrogen-bond acceptors (Lipinski definition) is 4. The molecule has 0 spiro atoms. The lowest BCUT2D eigenvalue weighted by molar-refractivity contribution is -0.117. The monoisotopic (exact) mass is 386 g/mol. The highest BCUT2D eigenvalue weighted by atomic mass is 32.2. The number of para-hydroxylation sites is 1. The van der Waals surface area contributed by atoms with Crippen molar-refractivity contribution in [3.05, 3.63) is 52.8 Å². The number of nitrogens with zero attached hydrogens (tertiary/aromatic N) is 2. The van der Waals surface area contributed by atoms with E-state index >= 15 is 0 Å². The summed E-state index contributed by atoms with van der Waals surface area (Å²) < 4.78 is 8.59. The number of hydrogen-bond donors (Lipinski definition) is 0. The number of aromatic nitrogens is 1. The number of carbonyl (C=O) groups excluding carboxylic acids is 1. The van der Waals surface area contributed by atoms with Crippen LogP contribution >= 0.6 is 23.1 Å². The van der Waals surface area contributed by atoms with Gasteiger partial charge in [0.25, 0.3) is 0 Å². The third kappa shape index (κ3) is 4.19. The highest BCUT2D eigenvalue weighted by Gasteiger charge is 2.11. The lowest BCUT2D eigenvalue weighted by atomic mass is 10.2. The number of methoxy groups -OCH3 is 1. The van der Waals surface area contributed by atoms with Crippen LogP contribution in [0, 0.1) is 6.92 Å². The van der Waals surface area contributed by atoms with Crippen molar-refractivity contribution in [3.8, 4) is 5.75 Å². The number of ether oxygens (including phenoxy) is 1. The molecule has 0 saturated carbocycles. The Morgan fingerprint density at radius 2 is 2.00 bits per heavy atom. The van der Waals surface area contributed by atoms with Crippen LogP contribution in [0.3, 0.4) is 0 Å². The van der Waals surface area contributed by atoms with Crippen LogP contribution < -0.4 is 9.54 Å². The van der Waals surface area contributed by atoms with Gasteiger partial charge in [-0.25, -0.2) is 0 Å². The van der Waals surface area contributed by atoms with E-state index in [1.54, 1.807) is 18.9 Å². The second-order valence-corrected chi connectivity index (χ2v) is 8.03. The number of carbonyl (C=O) groups is 1. The first kappa shape index (κ1) is 18.7. The van der Waals surface area contributed by atoms with E-state index in [0.29, 0.717) is 6.42 Å². The van der Waals surface area contributed by atoms with Crippen molar-refractivity contribution in [3.63, 3.8) is 0 Å². The fourth-order valence-electron chi connectivity index (χ4n) is 2.69. The van der Waals surface area contributed by atoms with Gasteiger partial charge in [0.1, 0.15) is 11.3 Å². The predicted octanol–water partition coefficient (Wildman–Crippen LogP) is 4.65. The third-order valence-electron chi connectivity index (χ3n) is 4.03. The van der Waals surface area contributed by atoms with Gasteiger partial charge in [-0.3, -0.25) is 4.79 Å². The lowest BCUT2D eigenvalue weighted by Crippen LogP contribution is -2.16. The first-order valence-corrected chi connectivity index (χ1v) is 10.4. The van der Waals surface area contributed by atoms with Gasteiger partial charge in [-0.05, 0) is 38.1 Å². The summed E-state index contributed by atoms with van der Waals surface area (Å²) in [5, 5.41) is 0. The number of benzene rings is 2. The summed E-state index contributed by atoms with van der Waals surface area (Å²) >= 11 is 3.21. The number of aryl methyl sites for hydroxylation is 2. The standard InChI is InChI=1S/C20H22N2O2S2/c1-4-22-19-16(24-3)6-5-7-17(19)26-20(22)21-18(23)12-13-25-15-10-8-14(2)9-11-15/h5-11H,4,12-13H2,1-3H3. The molecule has 0 bridgehead atoms. The maximum absolute atomic E-state index is 12.3. The van der Waals surface area contributed by atoms with Crippen molar-refractivity contribution >= 4 is 39.2 Å². The Balaban J connectivity index is 1.76. The normalized spacial score (nSPS) is 11.9. The smallest absolute Gasteiger partial charge is 0.249 e. The van der Waals surface area contributed by atoms with Gasteiger partial charge < -0.3 is 9.30 Å². The van der Waals surface area contributed by atoms with Crippen LogP contribution in [-0.2, 0) is 11.3 Å². The van der Waals surface area contributed by atoms with Crippen LogP contribution in [0.4, 0.5) is 0 Å². The Morgan fingerprint density at radius 1 is 1.23 bits per heavy atom. The van der Waals surface area contributed by atoms with Gasteiger partial charge in [0.15, 0.2) is 4.80 Å². The molecule has 3 aromatic rings. The summed E-state index contributed by atoms with van der Waals surface area (Å²) in [4.78, 5) is 18.6. The van der Waals surface area contributed by atoms with Crippen LogP contribution in [0.2, 0.25) is 0 Å². The van der Waals surface area contributed by atoms with Crippen molar-refractivity contribution in [2.75, 3.05) is 12.9 Å². The van der Waals surface area contributed by atoms with E-state index in [1.165, 1.54) is 21.8 Å². The van der Waals surface area contributed by atoms with E-state index in [4.69, 9.17) is 4.74 Å². The van der Waals surface area contributed by atoms with Crippen LogP contribution in [0.5, 0.6) is 5.75 Å². The number of thiazole rings is 1. The molecule has 0 unspecified atom stereocenters. The van der Waals surface area contributed by atoms with Crippen molar-refractivity contribution in [2.24, 2.45) is 4.99 Å². The molecule has 0 aliphatic heterocycles. The fraction of sp³-hybridized carbons (Fsp3) is 0.300. The third-order valence-corrected chi connectivity index (χ3v) is 6.08. The zero-order valence-corrected chi connectivity index (χ0v) is 16.8. The molecule has 1 amide bonds. The van der Waals surface area contributed by atoms with Crippen LogP contribution in [0.15, 0.2) is 52.4 Å². The first-order chi connectivity index (χ1) is 12.6. The average molecular weight is 387 g/mol. The minimum atomic E-state index is -0.0858. The topological polar surface area (TPSA) is 43.6 Å². The van der Waals surface area contributed by atoms with Gasteiger partial charge in [0.2, 0.25) is 5.91 Å². The zero-order chi connectivity index (χ0) is 18.5. The van der Waals surface area contributed by atoms with Gasteiger partial charge in [0, 0.05) is 23.6 Å². The molecule has 26 heavy (non-hydrogen) atoms. The minimum absolute atomic E-state index is 0.0858. The second-order valence-electron chi connectivity index (χ2n) is 5.85. The van der Waals surface area contributed by atoms with E-state index in [-0.39, 0.29) is 5.91 Å². The molecule has 2 aromatic carbocycles. The number of fused-ring (bicyclic) bond motifs is 1. The SMILES string of the molecule is CCn1c(=NC(=O)CCSc2ccc(C)cc2)sc2cccc(OC)c21. The van der Waals surface area contributed by atoms with Crippen molar-refractivity contribution < 1.29 is 9.53 Å². The summed E-state index contributed by atoms with van der Waals surface area (Å²) in [6.07, 6.45) is 0.424. The molecule has 0 aliphatic rings. The number of thioether (sulfide) groups is 1. The van der Waals surface area contributed by atoms with E-state index in [2.05, 4.69) is 43.1 Å². The molecule has 0 aliphatic carbocycles. The van der Waals surface area contributed by atoms with Crippen LogP contribution in [-0.4, -0.2) is 23.3 Å². The zero-order valence-electron chi connectivity index (χ0n) is 15.2. The van der Waals surface area contributed by atoms with Crippen LogP contribution in [0.1, 0.15) is 18.9 Å². The number of amides is 1. The summed E-state index contributed by atoms with van der Waals surface area (Å²) in [5.41, 5.74) is 2.24. The predicted molar refractivity (Wildman–Crippen MR) is 109 cm³/mol. The summed E-state index contributed by atoms with van der Waals surface area (Å²) in [6, 6.07) is 14.3. The Labute approximate surface area is 161 Å². The molecule has 3 rings (SSSR count). The maximum Gasteiger partial charge on any atom is 0.249 e. The maximum atomic E-state index is 12.3. The summed E-state index contributed by atoms with van der Waals surface area (Å²) in [6.45, 7) is 4.86. The van der Waals surface area contributed by atoms with E-state index in [1.807, 2.05) is 22.8 Å². The van der Waals surface area contributed by atoms with Gasteiger partial charge in [0.05, 0.1) is 11.8 Å². The van der Waals surface area contributed by atoms with Gasteiger partial charge >= 0.3 is 0 Å². The molecule has 0 N–H and O–H groups in total. The Hall–Kier alpha value is -2.05. The molecule has 0 atom stereocenters. The minimum Gasteiger partial charge on any atom is -0.495 e. The molecule has 1 heterocycles. The highest BCUT2D eigenvalue weighted by Crippen LogP contribution is 2.27. The molecule has 0 radical (unpaired) electrons. The summed E-state index contributed by atoms with van der Waals surface area (Å²) in [5.74, 6) is 1.45. The highest BCUT2D eigenvalue weighted by molar-refractivity contribution is 7.99. The Bertz CT molecular complexity index is 972. The quantitative estimate of drug-likeness (QED) is 0.579. The Kier molecular flexibility index (Phi) is 6.16. The van der Waals surface area contributed by atoms with E-state index in [9.17, 15) is 4.79 Å². The van der Waals surface area contributed by atoms with E-state index in [0.717, 1.165) is 33.1 Å². The molecule has 4 nitrogen and oxygen atoms in total. The van der Waals surface area contributed by atoms with Crippen molar-refractivity contribution in [1.82, 2.24) is 4.57 Å². The van der Waals surface area contributed by atoms with Crippen molar-refractivity contribution in [2.45, 2.75) is 31.7 Å². The molecule has 6 heteroatoms. The van der Waals surface area contributed by atoms with Gasteiger partial charge in [-0.1, -0.05) is 35.1 Å². The molecule has 1 aromatic heterocycles. The number of rotatable bonds is 6.